The fourth-order valence-corrected chi connectivity index (χ4v) is 3.78. The smallest absolute Gasteiger partial charge is 0.225 e. The van der Waals surface area contributed by atoms with Gasteiger partial charge in [-0.15, -0.1) is 11.3 Å². The molecule has 1 aromatic carbocycles. The third-order valence-electron chi connectivity index (χ3n) is 3.91. The molecule has 0 saturated heterocycles. The van der Waals surface area contributed by atoms with Crippen LogP contribution < -0.4 is 14.8 Å². The molecule has 0 bridgehead atoms. The van der Waals surface area contributed by atoms with Crippen molar-refractivity contribution in [2.24, 2.45) is 0 Å². The SMILES string of the molecule is COc1ccc(CNc2nc(Cl)nc3sc(C)c(C)c23)cc1OC. The van der Waals surface area contributed by atoms with E-state index < -0.39 is 0 Å². The van der Waals surface area contributed by atoms with Crippen LogP contribution in [0.2, 0.25) is 5.28 Å². The second-order valence-corrected chi connectivity index (χ2v) is 6.89. The van der Waals surface area contributed by atoms with Gasteiger partial charge in [0, 0.05) is 11.4 Å². The number of fused-ring (bicyclic) bond motifs is 1. The van der Waals surface area contributed by atoms with Crippen molar-refractivity contribution in [2.75, 3.05) is 19.5 Å². The predicted octanol–water partition coefficient (Wildman–Crippen LogP) is 4.59. The maximum Gasteiger partial charge on any atom is 0.225 e. The number of hydrogen-bond acceptors (Lipinski definition) is 6. The van der Waals surface area contributed by atoms with Crippen molar-refractivity contribution in [1.82, 2.24) is 9.97 Å². The number of nitrogens with one attached hydrogen (secondary N) is 1. The predicted molar refractivity (Wildman–Crippen MR) is 98.8 cm³/mol. The molecule has 5 nitrogen and oxygen atoms in total. The van der Waals surface area contributed by atoms with Gasteiger partial charge in [-0.3, -0.25) is 0 Å². The molecule has 2 heterocycles. The highest BCUT2D eigenvalue weighted by Gasteiger charge is 2.14. The maximum atomic E-state index is 6.06. The molecule has 24 heavy (non-hydrogen) atoms. The molecular weight excluding hydrogens is 346 g/mol. The highest BCUT2D eigenvalue weighted by Crippen LogP contribution is 2.34. The Hall–Kier alpha value is -2.05. The fraction of sp³-hybridized carbons (Fsp3) is 0.294. The summed E-state index contributed by atoms with van der Waals surface area (Å²) >= 11 is 7.69. The molecule has 2 aromatic heterocycles. The van der Waals surface area contributed by atoms with Crippen molar-refractivity contribution in [3.63, 3.8) is 0 Å². The van der Waals surface area contributed by atoms with Crippen molar-refractivity contribution in [3.05, 3.63) is 39.5 Å². The Kier molecular flexibility index (Phi) is 4.78. The van der Waals surface area contributed by atoms with E-state index in [1.54, 1.807) is 25.6 Å². The first kappa shape index (κ1) is 16.8. The summed E-state index contributed by atoms with van der Waals surface area (Å²) in [7, 11) is 3.25. The lowest BCUT2D eigenvalue weighted by molar-refractivity contribution is 0.354. The summed E-state index contributed by atoms with van der Waals surface area (Å²) in [5.74, 6) is 2.16. The van der Waals surface area contributed by atoms with Crippen molar-refractivity contribution in [1.29, 1.82) is 0 Å². The van der Waals surface area contributed by atoms with E-state index in [2.05, 4.69) is 29.1 Å². The number of thiophene rings is 1. The van der Waals surface area contributed by atoms with Gasteiger partial charge < -0.3 is 14.8 Å². The zero-order chi connectivity index (χ0) is 17.3. The zero-order valence-corrected chi connectivity index (χ0v) is 15.5. The molecule has 0 atom stereocenters. The van der Waals surface area contributed by atoms with E-state index in [1.165, 1.54) is 10.4 Å². The van der Waals surface area contributed by atoms with Crippen LogP contribution in [-0.2, 0) is 6.54 Å². The Morgan fingerprint density at radius 2 is 1.88 bits per heavy atom. The van der Waals surface area contributed by atoms with Gasteiger partial charge in [0.2, 0.25) is 5.28 Å². The average molecular weight is 364 g/mol. The first-order chi connectivity index (χ1) is 11.5. The van der Waals surface area contributed by atoms with Crippen LogP contribution in [0, 0.1) is 13.8 Å². The van der Waals surface area contributed by atoms with Crippen molar-refractivity contribution >= 4 is 39.0 Å². The van der Waals surface area contributed by atoms with Gasteiger partial charge in [-0.25, -0.2) is 9.97 Å². The van der Waals surface area contributed by atoms with Gasteiger partial charge in [0.1, 0.15) is 10.6 Å². The molecule has 0 saturated carbocycles. The molecule has 0 aliphatic heterocycles. The van der Waals surface area contributed by atoms with E-state index in [4.69, 9.17) is 21.1 Å². The van der Waals surface area contributed by atoms with Crippen molar-refractivity contribution in [2.45, 2.75) is 20.4 Å². The van der Waals surface area contributed by atoms with E-state index >= 15 is 0 Å². The highest BCUT2D eigenvalue weighted by atomic mass is 35.5. The highest BCUT2D eigenvalue weighted by molar-refractivity contribution is 7.18. The number of rotatable bonds is 5. The zero-order valence-electron chi connectivity index (χ0n) is 13.9. The molecule has 7 heteroatoms. The van der Waals surface area contributed by atoms with Crippen LogP contribution in [0.25, 0.3) is 10.2 Å². The van der Waals surface area contributed by atoms with Crippen LogP contribution in [0.15, 0.2) is 18.2 Å². The van der Waals surface area contributed by atoms with Crippen LogP contribution in [0.5, 0.6) is 11.5 Å². The van der Waals surface area contributed by atoms with E-state index in [9.17, 15) is 0 Å². The minimum Gasteiger partial charge on any atom is -0.493 e. The summed E-state index contributed by atoms with van der Waals surface area (Å²) in [5.41, 5.74) is 2.24. The molecule has 0 radical (unpaired) electrons. The summed E-state index contributed by atoms with van der Waals surface area (Å²) in [6.45, 7) is 4.75. The Morgan fingerprint density at radius 1 is 1.12 bits per heavy atom. The third kappa shape index (κ3) is 3.12. The van der Waals surface area contributed by atoms with Crippen LogP contribution >= 0.6 is 22.9 Å². The van der Waals surface area contributed by atoms with E-state index in [0.29, 0.717) is 18.0 Å². The van der Waals surface area contributed by atoms with Gasteiger partial charge in [-0.1, -0.05) is 6.07 Å². The van der Waals surface area contributed by atoms with Gasteiger partial charge in [-0.2, -0.15) is 0 Å². The number of methoxy groups -OCH3 is 2. The number of aryl methyl sites for hydroxylation is 2. The normalized spacial score (nSPS) is 10.9. The lowest BCUT2D eigenvalue weighted by atomic mass is 10.2. The molecule has 0 unspecified atom stereocenters. The summed E-state index contributed by atoms with van der Waals surface area (Å²) in [6, 6.07) is 5.82. The molecule has 0 amide bonds. The first-order valence-corrected chi connectivity index (χ1v) is 8.61. The number of hydrogen-bond donors (Lipinski definition) is 1. The fourth-order valence-electron chi connectivity index (χ4n) is 2.53. The number of aromatic nitrogens is 2. The molecule has 0 spiro atoms. The molecule has 3 rings (SSSR count). The number of benzene rings is 1. The van der Waals surface area contributed by atoms with Crippen LogP contribution in [0.1, 0.15) is 16.0 Å². The van der Waals surface area contributed by atoms with Gasteiger partial charge in [0.05, 0.1) is 19.6 Å². The van der Waals surface area contributed by atoms with E-state index in [-0.39, 0.29) is 5.28 Å². The topological polar surface area (TPSA) is 56.3 Å². The molecular formula is C17H18ClN3O2S. The van der Waals surface area contributed by atoms with Crippen molar-refractivity contribution in [3.8, 4) is 11.5 Å². The monoisotopic (exact) mass is 363 g/mol. The third-order valence-corrected chi connectivity index (χ3v) is 5.18. The maximum absolute atomic E-state index is 6.06. The Balaban J connectivity index is 1.91. The number of ether oxygens (including phenoxy) is 2. The van der Waals surface area contributed by atoms with Crippen molar-refractivity contribution < 1.29 is 9.47 Å². The van der Waals surface area contributed by atoms with Crippen LogP contribution in [0.3, 0.4) is 0 Å². The second kappa shape index (κ2) is 6.83. The van der Waals surface area contributed by atoms with Crippen LogP contribution in [-0.4, -0.2) is 24.2 Å². The number of anilines is 1. The minimum atomic E-state index is 0.249. The van der Waals surface area contributed by atoms with Gasteiger partial charge >= 0.3 is 0 Å². The summed E-state index contributed by atoms with van der Waals surface area (Å²) in [5, 5.41) is 4.64. The molecule has 0 aliphatic rings. The van der Waals surface area contributed by atoms with E-state index in [0.717, 1.165) is 21.6 Å². The van der Waals surface area contributed by atoms with E-state index in [1.807, 2.05) is 18.2 Å². The lowest BCUT2D eigenvalue weighted by Gasteiger charge is -2.11. The summed E-state index contributed by atoms with van der Waals surface area (Å²) in [4.78, 5) is 10.8. The van der Waals surface area contributed by atoms with Crippen LogP contribution in [0.4, 0.5) is 5.82 Å². The molecule has 0 fully saturated rings. The Morgan fingerprint density at radius 3 is 2.58 bits per heavy atom. The molecule has 126 valence electrons. The summed E-state index contributed by atoms with van der Waals surface area (Å²) in [6.07, 6.45) is 0. The summed E-state index contributed by atoms with van der Waals surface area (Å²) < 4.78 is 10.6. The minimum absolute atomic E-state index is 0.249. The molecule has 1 N–H and O–H groups in total. The molecule has 0 aliphatic carbocycles. The Labute approximate surface area is 149 Å². The second-order valence-electron chi connectivity index (χ2n) is 5.35. The average Bonchev–Trinajstić information content (AvgIpc) is 2.86. The quantitative estimate of drug-likeness (QED) is 0.672. The standard InChI is InChI=1S/C17H18ClN3O2S/c1-9-10(2)24-16-14(9)15(20-17(18)21-16)19-8-11-5-6-12(22-3)13(7-11)23-4/h5-7H,8H2,1-4H3,(H,19,20,21). The number of halogens is 1. The van der Waals surface area contributed by atoms with Gasteiger partial charge in [-0.05, 0) is 48.7 Å². The van der Waals surface area contributed by atoms with Gasteiger partial charge in [0.15, 0.2) is 11.5 Å². The van der Waals surface area contributed by atoms with Gasteiger partial charge in [0.25, 0.3) is 0 Å². The molecule has 3 aromatic rings. The first-order valence-electron chi connectivity index (χ1n) is 7.41. The lowest BCUT2D eigenvalue weighted by Crippen LogP contribution is -2.03. The number of nitrogens with zero attached hydrogens (tertiary/aromatic N) is 2. The largest absolute Gasteiger partial charge is 0.493 e. The Bertz CT molecular complexity index is 895.